The Bertz CT molecular complexity index is 895. The summed E-state index contributed by atoms with van der Waals surface area (Å²) in [7, 11) is 0. The molecule has 2 N–H and O–H groups in total. The Hall–Kier alpha value is -2.09. The molecule has 0 aliphatic carbocycles. The number of piperidine rings is 1. The summed E-state index contributed by atoms with van der Waals surface area (Å²) in [6.45, 7) is 6.69. The lowest BCUT2D eigenvalue weighted by Gasteiger charge is -2.34. The third-order valence-corrected chi connectivity index (χ3v) is 4.98. The van der Waals surface area contributed by atoms with Crippen LogP contribution in [0.25, 0.3) is 10.9 Å². The lowest BCUT2D eigenvalue weighted by Crippen LogP contribution is -2.43. The van der Waals surface area contributed by atoms with Gasteiger partial charge in [0.05, 0.1) is 22.5 Å². The molecule has 26 heavy (non-hydrogen) atoms. The molecule has 9 heteroatoms. The molecule has 0 bridgehead atoms. The van der Waals surface area contributed by atoms with Gasteiger partial charge in [-0.1, -0.05) is 0 Å². The SMILES string of the molecule is CC(C)(C)OC(=O)N1CCC[C@@H](n2nc(I)c3c(N)ncc(C#N)c32)C1. The summed E-state index contributed by atoms with van der Waals surface area (Å²) in [5.41, 5.74) is 6.58. The first kappa shape index (κ1) is 18.7. The van der Waals surface area contributed by atoms with E-state index in [2.05, 4.69) is 38.7 Å². The summed E-state index contributed by atoms with van der Waals surface area (Å²) in [6.07, 6.45) is 2.85. The molecule has 1 fully saturated rings. The molecule has 3 rings (SSSR count). The van der Waals surface area contributed by atoms with E-state index in [4.69, 9.17) is 10.5 Å². The van der Waals surface area contributed by atoms with Gasteiger partial charge >= 0.3 is 6.09 Å². The Morgan fingerprint density at radius 1 is 1.50 bits per heavy atom. The number of halogens is 1. The van der Waals surface area contributed by atoms with Gasteiger partial charge in [-0.05, 0) is 56.2 Å². The number of nitriles is 1. The number of likely N-dealkylation sites (tertiary alicyclic amines) is 1. The summed E-state index contributed by atoms with van der Waals surface area (Å²) in [4.78, 5) is 18.2. The first-order valence-corrected chi connectivity index (χ1v) is 9.49. The second-order valence-corrected chi connectivity index (χ2v) is 8.37. The molecule has 0 radical (unpaired) electrons. The molecule has 2 aromatic heterocycles. The van der Waals surface area contributed by atoms with E-state index >= 15 is 0 Å². The molecule has 1 amide bonds. The highest BCUT2D eigenvalue weighted by Gasteiger charge is 2.30. The maximum Gasteiger partial charge on any atom is 0.410 e. The molecule has 1 atom stereocenters. The van der Waals surface area contributed by atoms with E-state index in [9.17, 15) is 10.1 Å². The number of nitrogens with zero attached hydrogens (tertiary/aromatic N) is 5. The number of ether oxygens (including phenoxy) is 1. The van der Waals surface area contributed by atoms with Crippen LogP contribution in [-0.2, 0) is 4.74 Å². The Balaban J connectivity index is 1.96. The van der Waals surface area contributed by atoms with Crippen molar-refractivity contribution >= 4 is 45.4 Å². The zero-order valence-corrected chi connectivity index (χ0v) is 17.1. The molecular weight excluding hydrogens is 447 g/mol. The monoisotopic (exact) mass is 468 g/mol. The van der Waals surface area contributed by atoms with Crippen LogP contribution in [0.2, 0.25) is 0 Å². The van der Waals surface area contributed by atoms with Crippen LogP contribution in [0.1, 0.15) is 45.2 Å². The van der Waals surface area contributed by atoms with Gasteiger partial charge in [-0.3, -0.25) is 4.68 Å². The summed E-state index contributed by atoms with van der Waals surface area (Å²) in [5, 5.41) is 14.8. The zero-order chi connectivity index (χ0) is 19.1. The van der Waals surface area contributed by atoms with Crippen molar-refractivity contribution < 1.29 is 9.53 Å². The number of hydrogen-bond donors (Lipinski definition) is 1. The second-order valence-electron chi connectivity index (χ2n) is 7.35. The maximum absolute atomic E-state index is 12.4. The minimum atomic E-state index is -0.536. The average molecular weight is 468 g/mol. The minimum absolute atomic E-state index is 0.0452. The number of nitrogen functional groups attached to an aromatic ring is 1. The van der Waals surface area contributed by atoms with Gasteiger partial charge < -0.3 is 15.4 Å². The van der Waals surface area contributed by atoms with Crippen LogP contribution in [0.3, 0.4) is 0 Å². The van der Waals surface area contributed by atoms with Gasteiger partial charge in [0.25, 0.3) is 0 Å². The number of nitrogens with two attached hydrogens (primary N) is 1. The van der Waals surface area contributed by atoms with Crippen LogP contribution < -0.4 is 5.73 Å². The number of fused-ring (bicyclic) bond motifs is 1. The van der Waals surface area contributed by atoms with Crippen molar-refractivity contribution in [3.05, 3.63) is 15.5 Å². The molecule has 2 aromatic rings. The number of rotatable bonds is 1. The molecule has 138 valence electrons. The molecule has 0 spiro atoms. The first-order chi connectivity index (χ1) is 12.2. The fourth-order valence-electron chi connectivity index (χ4n) is 3.14. The predicted octanol–water partition coefficient (Wildman–Crippen LogP) is 3.06. The minimum Gasteiger partial charge on any atom is -0.444 e. The van der Waals surface area contributed by atoms with E-state index in [0.29, 0.717) is 39.1 Å². The van der Waals surface area contributed by atoms with Gasteiger partial charge in [0.2, 0.25) is 0 Å². The summed E-state index contributed by atoms with van der Waals surface area (Å²) in [5.74, 6) is 0.356. The number of hydrogen-bond acceptors (Lipinski definition) is 6. The topological polar surface area (TPSA) is 110 Å². The Morgan fingerprint density at radius 2 is 2.23 bits per heavy atom. The molecule has 1 aliphatic heterocycles. The van der Waals surface area contributed by atoms with Crippen LogP contribution in [0.5, 0.6) is 0 Å². The number of aromatic nitrogens is 3. The van der Waals surface area contributed by atoms with E-state index < -0.39 is 5.60 Å². The average Bonchev–Trinajstić information content (AvgIpc) is 2.92. The van der Waals surface area contributed by atoms with Crippen molar-refractivity contribution in [3.8, 4) is 6.07 Å². The maximum atomic E-state index is 12.4. The van der Waals surface area contributed by atoms with E-state index in [0.717, 1.165) is 12.8 Å². The van der Waals surface area contributed by atoms with E-state index in [-0.39, 0.29) is 12.1 Å². The molecule has 0 aromatic carbocycles. The van der Waals surface area contributed by atoms with Crippen molar-refractivity contribution in [1.29, 1.82) is 5.26 Å². The Labute approximate surface area is 165 Å². The quantitative estimate of drug-likeness (QED) is 0.645. The predicted molar refractivity (Wildman–Crippen MR) is 105 cm³/mol. The van der Waals surface area contributed by atoms with Gasteiger partial charge in [0.1, 0.15) is 21.2 Å². The van der Waals surface area contributed by atoms with Crippen molar-refractivity contribution in [2.75, 3.05) is 18.8 Å². The number of anilines is 1. The molecule has 8 nitrogen and oxygen atoms in total. The molecule has 1 saturated heterocycles. The van der Waals surface area contributed by atoms with E-state index in [1.165, 1.54) is 6.20 Å². The molecule has 0 saturated carbocycles. The van der Waals surface area contributed by atoms with Gasteiger partial charge in [0.15, 0.2) is 0 Å². The van der Waals surface area contributed by atoms with Gasteiger partial charge in [-0.25, -0.2) is 9.78 Å². The standard InChI is InChI=1S/C17H21IN6O2/c1-17(2,3)26-16(25)23-6-4-5-11(9-23)24-13-10(7-19)8-21-15(20)12(13)14(18)22-24/h8,11H,4-6,9H2,1-3H3,(H2,20,21)/t11-/m1/s1. The van der Waals surface area contributed by atoms with Gasteiger partial charge in [0, 0.05) is 19.3 Å². The normalized spacial score (nSPS) is 18.0. The summed E-state index contributed by atoms with van der Waals surface area (Å²) < 4.78 is 8.02. The van der Waals surface area contributed by atoms with Crippen molar-refractivity contribution in [1.82, 2.24) is 19.7 Å². The summed E-state index contributed by atoms with van der Waals surface area (Å²) >= 11 is 2.10. The third-order valence-electron chi connectivity index (χ3n) is 4.23. The van der Waals surface area contributed by atoms with Gasteiger partial charge in [-0.15, -0.1) is 0 Å². The number of amides is 1. The Morgan fingerprint density at radius 3 is 2.88 bits per heavy atom. The number of carbonyl (C=O) groups excluding carboxylic acids is 1. The van der Waals surface area contributed by atoms with Crippen molar-refractivity contribution in [3.63, 3.8) is 0 Å². The fourth-order valence-corrected chi connectivity index (χ4v) is 3.91. The highest BCUT2D eigenvalue weighted by atomic mass is 127. The van der Waals surface area contributed by atoms with Crippen molar-refractivity contribution in [2.45, 2.75) is 45.3 Å². The number of pyridine rings is 1. The van der Waals surface area contributed by atoms with Crippen molar-refractivity contribution in [2.24, 2.45) is 0 Å². The smallest absolute Gasteiger partial charge is 0.410 e. The zero-order valence-electron chi connectivity index (χ0n) is 15.0. The Kier molecular flexibility index (Phi) is 4.96. The van der Waals surface area contributed by atoms with Gasteiger partial charge in [-0.2, -0.15) is 10.4 Å². The van der Waals surface area contributed by atoms with Crippen LogP contribution in [-0.4, -0.2) is 44.4 Å². The highest BCUT2D eigenvalue weighted by Crippen LogP contribution is 2.32. The number of carbonyl (C=O) groups is 1. The highest BCUT2D eigenvalue weighted by molar-refractivity contribution is 14.1. The second kappa shape index (κ2) is 6.90. The van der Waals surface area contributed by atoms with Crippen LogP contribution >= 0.6 is 22.6 Å². The third kappa shape index (κ3) is 3.56. The molecule has 3 heterocycles. The molecule has 1 aliphatic rings. The fraction of sp³-hybridized carbons (Fsp3) is 0.529. The summed E-state index contributed by atoms with van der Waals surface area (Å²) in [6, 6.07) is 2.12. The van der Waals surface area contributed by atoms with Crippen LogP contribution in [0.4, 0.5) is 10.6 Å². The lowest BCUT2D eigenvalue weighted by molar-refractivity contribution is 0.0169. The molecule has 0 unspecified atom stereocenters. The van der Waals surface area contributed by atoms with E-state index in [1.54, 1.807) is 4.90 Å². The van der Waals surface area contributed by atoms with Crippen LogP contribution in [0, 0.1) is 15.0 Å². The van der Waals surface area contributed by atoms with E-state index in [1.807, 2.05) is 25.5 Å². The van der Waals surface area contributed by atoms with Crippen LogP contribution in [0.15, 0.2) is 6.20 Å². The lowest BCUT2D eigenvalue weighted by atomic mass is 10.1. The largest absolute Gasteiger partial charge is 0.444 e. The first-order valence-electron chi connectivity index (χ1n) is 8.41. The molecular formula is C17H21IN6O2.